The van der Waals surface area contributed by atoms with Gasteiger partial charge in [0.25, 0.3) is 5.91 Å². The van der Waals surface area contributed by atoms with Crippen LogP contribution in [0.4, 0.5) is 5.69 Å². The summed E-state index contributed by atoms with van der Waals surface area (Å²) in [6, 6.07) is 9.78. The van der Waals surface area contributed by atoms with Gasteiger partial charge in [0.05, 0.1) is 5.02 Å². The van der Waals surface area contributed by atoms with Crippen LogP contribution in [0.3, 0.4) is 0 Å². The van der Waals surface area contributed by atoms with Crippen LogP contribution in [0.1, 0.15) is 28.1 Å². The van der Waals surface area contributed by atoms with Crippen molar-refractivity contribution in [3.8, 4) is 0 Å². The number of halogens is 1. The van der Waals surface area contributed by atoms with Gasteiger partial charge in [0.15, 0.2) is 0 Å². The molecule has 5 heteroatoms. The fourth-order valence-corrected chi connectivity index (χ4v) is 3.63. The van der Waals surface area contributed by atoms with Gasteiger partial charge in [-0.25, -0.2) is 0 Å². The molecule has 1 saturated heterocycles. The number of hydrogen-bond donors (Lipinski definition) is 1. The lowest BCUT2D eigenvalue weighted by Crippen LogP contribution is -2.18. The van der Waals surface area contributed by atoms with Crippen LogP contribution in [0.25, 0.3) is 0 Å². The SMILES string of the molecule is O=C(Nc1cccc(CN2CCCC2)c1)c1sccc1Cl. The number of hydrogen-bond acceptors (Lipinski definition) is 3. The van der Waals surface area contributed by atoms with E-state index in [2.05, 4.69) is 16.3 Å². The first-order chi connectivity index (χ1) is 10.2. The summed E-state index contributed by atoms with van der Waals surface area (Å²) in [6.07, 6.45) is 2.57. The van der Waals surface area contributed by atoms with E-state index in [1.165, 1.54) is 42.8 Å². The highest BCUT2D eigenvalue weighted by Gasteiger charge is 2.14. The van der Waals surface area contributed by atoms with Gasteiger partial charge in [-0.15, -0.1) is 11.3 Å². The molecule has 1 amide bonds. The van der Waals surface area contributed by atoms with Crippen molar-refractivity contribution in [1.29, 1.82) is 0 Å². The summed E-state index contributed by atoms with van der Waals surface area (Å²) in [5.41, 5.74) is 2.05. The van der Waals surface area contributed by atoms with Gasteiger partial charge in [-0.2, -0.15) is 0 Å². The lowest BCUT2D eigenvalue weighted by molar-refractivity contribution is 0.103. The molecule has 1 N–H and O–H groups in total. The van der Waals surface area contributed by atoms with Crippen molar-refractivity contribution in [1.82, 2.24) is 4.90 Å². The van der Waals surface area contributed by atoms with Crippen LogP contribution >= 0.6 is 22.9 Å². The van der Waals surface area contributed by atoms with Crippen LogP contribution < -0.4 is 5.32 Å². The fraction of sp³-hybridized carbons (Fsp3) is 0.312. The maximum Gasteiger partial charge on any atom is 0.267 e. The van der Waals surface area contributed by atoms with Crippen molar-refractivity contribution in [2.45, 2.75) is 19.4 Å². The van der Waals surface area contributed by atoms with E-state index < -0.39 is 0 Å². The molecular weight excluding hydrogens is 304 g/mol. The zero-order valence-corrected chi connectivity index (χ0v) is 13.2. The molecule has 110 valence electrons. The van der Waals surface area contributed by atoms with Crippen LogP contribution in [-0.2, 0) is 6.54 Å². The van der Waals surface area contributed by atoms with E-state index in [0.29, 0.717) is 9.90 Å². The molecule has 0 radical (unpaired) electrons. The monoisotopic (exact) mass is 320 g/mol. The molecule has 0 spiro atoms. The highest BCUT2D eigenvalue weighted by atomic mass is 35.5. The predicted molar refractivity (Wildman–Crippen MR) is 88.2 cm³/mol. The highest BCUT2D eigenvalue weighted by Crippen LogP contribution is 2.23. The summed E-state index contributed by atoms with van der Waals surface area (Å²) in [4.78, 5) is 15.2. The number of likely N-dealkylation sites (tertiary alicyclic amines) is 1. The molecule has 1 aromatic carbocycles. The molecule has 0 atom stereocenters. The van der Waals surface area contributed by atoms with E-state index in [0.717, 1.165) is 12.2 Å². The normalized spacial score (nSPS) is 15.3. The number of carbonyl (C=O) groups excluding carboxylic acids is 1. The number of nitrogens with one attached hydrogen (secondary N) is 1. The molecule has 1 aliphatic rings. The highest BCUT2D eigenvalue weighted by molar-refractivity contribution is 7.12. The summed E-state index contributed by atoms with van der Waals surface area (Å²) in [5, 5.41) is 5.24. The van der Waals surface area contributed by atoms with Crippen molar-refractivity contribution in [3.63, 3.8) is 0 Å². The first kappa shape index (κ1) is 14.6. The topological polar surface area (TPSA) is 32.3 Å². The van der Waals surface area contributed by atoms with E-state index >= 15 is 0 Å². The van der Waals surface area contributed by atoms with Gasteiger partial charge in [-0.05, 0) is 55.1 Å². The second-order valence-corrected chi connectivity index (χ2v) is 6.56. The van der Waals surface area contributed by atoms with E-state index in [1.54, 1.807) is 6.07 Å². The van der Waals surface area contributed by atoms with Gasteiger partial charge in [0, 0.05) is 12.2 Å². The molecule has 3 rings (SSSR count). The van der Waals surface area contributed by atoms with Gasteiger partial charge in [-0.1, -0.05) is 23.7 Å². The maximum absolute atomic E-state index is 12.2. The Morgan fingerprint density at radius 3 is 2.81 bits per heavy atom. The Morgan fingerprint density at radius 2 is 2.10 bits per heavy atom. The molecular formula is C16H17ClN2OS. The van der Waals surface area contributed by atoms with Crippen molar-refractivity contribution in [3.05, 3.63) is 51.2 Å². The van der Waals surface area contributed by atoms with Crippen LogP contribution in [0.5, 0.6) is 0 Å². The van der Waals surface area contributed by atoms with E-state index in [-0.39, 0.29) is 5.91 Å². The smallest absolute Gasteiger partial charge is 0.267 e. The van der Waals surface area contributed by atoms with Crippen molar-refractivity contribution < 1.29 is 4.79 Å². The molecule has 2 aromatic rings. The van der Waals surface area contributed by atoms with Crippen LogP contribution in [0.15, 0.2) is 35.7 Å². The minimum Gasteiger partial charge on any atom is -0.321 e. The Bertz CT molecular complexity index is 635. The molecule has 0 aliphatic carbocycles. The molecule has 1 aliphatic heterocycles. The van der Waals surface area contributed by atoms with Crippen molar-refractivity contribution in [2.24, 2.45) is 0 Å². The molecule has 3 nitrogen and oxygen atoms in total. The summed E-state index contributed by atoms with van der Waals surface area (Å²) >= 11 is 7.34. The summed E-state index contributed by atoms with van der Waals surface area (Å²) in [7, 11) is 0. The minimum atomic E-state index is -0.145. The molecule has 1 aromatic heterocycles. The Labute approximate surface area is 133 Å². The largest absolute Gasteiger partial charge is 0.321 e. The van der Waals surface area contributed by atoms with E-state index in [1.807, 2.05) is 23.6 Å². The Hall–Kier alpha value is -1.36. The van der Waals surface area contributed by atoms with Gasteiger partial charge < -0.3 is 5.32 Å². The molecule has 0 bridgehead atoms. The third-order valence-electron chi connectivity index (χ3n) is 3.61. The molecule has 0 saturated carbocycles. The van der Waals surface area contributed by atoms with Crippen LogP contribution in [0.2, 0.25) is 5.02 Å². The molecule has 2 heterocycles. The number of anilines is 1. The standard InChI is InChI=1S/C16H17ClN2OS/c17-14-6-9-21-15(14)16(20)18-13-5-3-4-12(10-13)11-19-7-1-2-8-19/h3-6,9-10H,1-2,7-8,11H2,(H,18,20). The Morgan fingerprint density at radius 1 is 1.29 bits per heavy atom. The van der Waals surface area contributed by atoms with Gasteiger partial charge in [0.2, 0.25) is 0 Å². The molecule has 21 heavy (non-hydrogen) atoms. The second-order valence-electron chi connectivity index (χ2n) is 5.24. The summed E-state index contributed by atoms with van der Waals surface area (Å²) in [5.74, 6) is -0.145. The zero-order chi connectivity index (χ0) is 14.7. The van der Waals surface area contributed by atoms with E-state index in [4.69, 9.17) is 11.6 Å². The number of benzene rings is 1. The molecule has 1 fully saturated rings. The van der Waals surface area contributed by atoms with Gasteiger partial charge in [-0.3, -0.25) is 9.69 Å². The molecule has 0 unspecified atom stereocenters. The lowest BCUT2D eigenvalue weighted by Gasteiger charge is -2.15. The Balaban J connectivity index is 1.68. The number of amides is 1. The van der Waals surface area contributed by atoms with Crippen LogP contribution in [0, 0.1) is 0 Å². The quantitative estimate of drug-likeness (QED) is 0.913. The minimum absolute atomic E-state index is 0.145. The van der Waals surface area contributed by atoms with Gasteiger partial charge in [0.1, 0.15) is 4.88 Å². The number of nitrogens with zero attached hydrogens (tertiary/aromatic N) is 1. The lowest BCUT2D eigenvalue weighted by atomic mass is 10.2. The maximum atomic E-state index is 12.2. The average molecular weight is 321 g/mol. The first-order valence-corrected chi connectivity index (χ1v) is 8.34. The van der Waals surface area contributed by atoms with Crippen LogP contribution in [-0.4, -0.2) is 23.9 Å². The fourth-order valence-electron chi connectivity index (χ4n) is 2.59. The number of rotatable bonds is 4. The van der Waals surface area contributed by atoms with Crippen molar-refractivity contribution >= 4 is 34.5 Å². The third-order valence-corrected chi connectivity index (χ3v) is 4.95. The number of thiophene rings is 1. The zero-order valence-electron chi connectivity index (χ0n) is 11.6. The summed E-state index contributed by atoms with van der Waals surface area (Å²) in [6.45, 7) is 3.28. The number of carbonyl (C=O) groups is 1. The summed E-state index contributed by atoms with van der Waals surface area (Å²) < 4.78 is 0. The van der Waals surface area contributed by atoms with E-state index in [9.17, 15) is 4.79 Å². The predicted octanol–water partition coefficient (Wildman–Crippen LogP) is 4.25. The average Bonchev–Trinajstić information content (AvgIpc) is 3.10. The second kappa shape index (κ2) is 6.60. The third kappa shape index (κ3) is 3.64. The Kier molecular flexibility index (Phi) is 4.58. The van der Waals surface area contributed by atoms with Gasteiger partial charge >= 0.3 is 0 Å². The first-order valence-electron chi connectivity index (χ1n) is 7.08. The van der Waals surface area contributed by atoms with Crippen molar-refractivity contribution in [2.75, 3.05) is 18.4 Å².